The molecule has 2 aliphatic rings. The zero-order valence-electron chi connectivity index (χ0n) is 17.9. The molecule has 1 amide bonds. The Labute approximate surface area is 207 Å². The van der Waals surface area contributed by atoms with Crippen molar-refractivity contribution in [2.24, 2.45) is 0 Å². The van der Waals surface area contributed by atoms with Crippen molar-refractivity contribution in [2.45, 2.75) is 13.0 Å². The van der Waals surface area contributed by atoms with E-state index in [-0.39, 0.29) is 5.91 Å². The number of hydrogen-bond donors (Lipinski definition) is 1. The lowest BCUT2D eigenvalue weighted by atomic mass is 9.94. The van der Waals surface area contributed by atoms with Crippen LogP contribution in [0.5, 0.6) is 0 Å². The number of benzene rings is 2. The molecule has 3 heterocycles. The number of nitrogens with zero attached hydrogens (tertiary/aromatic N) is 4. The van der Waals surface area contributed by atoms with Crippen LogP contribution in [0.25, 0.3) is 0 Å². The first-order chi connectivity index (χ1) is 15.9. The van der Waals surface area contributed by atoms with Gasteiger partial charge in [0, 0.05) is 48.7 Å². The van der Waals surface area contributed by atoms with Crippen LogP contribution in [0.3, 0.4) is 0 Å². The van der Waals surface area contributed by atoms with E-state index < -0.39 is 6.04 Å². The molecule has 2 aromatic carbocycles. The molecule has 1 atom stereocenters. The van der Waals surface area contributed by atoms with Gasteiger partial charge in [-0.05, 0) is 42.8 Å². The lowest BCUT2D eigenvalue weighted by Crippen LogP contribution is -2.50. The van der Waals surface area contributed by atoms with Crippen LogP contribution < -0.4 is 10.2 Å². The molecule has 0 aliphatic carbocycles. The fraction of sp³-hybridized carbons (Fsp3) is 0.250. The van der Waals surface area contributed by atoms with Crippen molar-refractivity contribution < 1.29 is 4.79 Å². The van der Waals surface area contributed by atoms with Crippen LogP contribution >= 0.6 is 34.8 Å². The van der Waals surface area contributed by atoms with Crippen LogP contribution in [-0.2, 0) is 4.79 Å². The van der Waals surface area contributed by atoms with Crippen LogP contribution in [0.2, 0.25) is 15.1 Å². The summed E-state index contributed by atoms with van der Waals surface area (Å²) in [6.07, 6.45) is 1.72. The molecule has 170 valence electrons. The van der Waals surface area contributed by atoms with E-state index in [4.69, 9.17) is 34.8 Å². The largest absolute Gasteiger partial charge is 0.368 e. The number of carbonyl (C=O) groups excluding carboxylic acids is 1. The highest BCUT2D eigenvalue weighted by atomic mass is 35.5. The molecule has 33 heavy (non-hydrogen) atoms. The fourth-order valence-corrected chi connectivity index (χ4v) is 4.98. The first kappa shape index (κ1) is 22.1. The van der Waals surface area contributed by atoms with Gasteiger partial charge in [0.2, 0.25) is 0 Å². The van der Waals surface area contributed by atoms with Gasteiger partial charge in [0.1, 0.15) is 11.9 Å². The first-order valence-electron chi connectivity index (χ1n) is 10.7. The summed E-state index contributed by atoms with van der Waals surface area (Å²) in [6.45, 7) is 4.62. The highest BCUT2D eigenvalue weighted by Crippen LogP contribution is 2.38. The van der Waals surface area contributed by atoms with E-state index in [1.807, 2.05) is 59.0 Å². The average molecular weight is 503 g/mol. The summed E-state index contributed by atoms with van der Waals surface area (Å²) in [5.41, 5.74) is 3.39. The quantitative estimate of drug-likeness (QED) is 0.515. The van der Waals surface area contributed by atoms with E-state index in [0.29, 0.717) is 33.7 Å². The van der Waals surface area contributed by atoms with Crippen molar-refractivity contribution in [1.29, 1.82) is 0 Å². The molecule has 1 unspecified atom stereocenters. The second-order valence-corrected chi connectivity index (χ2v) is 9.41. The Morgan fingerprint density at radius 2 is 1.79 bits per heavy atom. The van der Waals surface area contributed by atoms with Gasteiger partial charge in [-0.25, -0.2) is 4.68 Å². The van der Waals surface area contributed by atoms with Crippen molar-refractivity contribution in [2.75, 3.05) is 36.4 Å². The molecule has 0 bridgehead atoms. The number of piperazine rings is 1. The molecule has 0 radical (unpaired) electrons. The molecule has 1 fully saturated rings. The fourth-order valence-electron chi connectivity index (χ4n) is 4.48. The summed E-state index contributed by atoms with van der Waals surface area (Å²) >= 11 is 18.6. The van der Waals surface area contributed by atoms with E-state index in [0.717, 1.165) is 35.9 Å². The van der Waals surface area contributed by atoms with E-state index in [1.165, 1.54) is 0 Å². The standard InChI is InChI=1S/C24H22Cl3N5O/c1-15-22(24(33)31-11-9-30(10-12-31)18-4-2-3-17(25)14-18)23(32-21(29-15)7-8-28-32)16-5-6-19(26)20(27)13-16/h2-8,13-14,23,29H,9-12H2,1H3. The van der Waals surface area contributed by atoms with Gasteiger partial charge in [-0.1, -0.05) is 46.9 Å². The highest BCUT2D eigenvalue weighted by Gasteiger charge is 2.36. The Morgan fingerprint density at radius 1 is 1.00 bits per heavy atom. The Hall–Kier alpha value is -2.67. The van der Waals surface area contributed by atoms with Crippen molar-refractivity contribution >= 4 is 52.2 Å². The summed E-state index contributed by atoms with van der Waals surface area (Å²) in [7, 11) is 0. The molecule has 1 N–H and O–H groups in total. The number of hydrogen-bond acceptors (Lipinski definition) is 4. The third kappa shape index (κ3) is 4.19. The van der Waals surface area contributed by atoms with Crippen LogP contribution in [0.15, 0.2) is 66.0 Å². The Morgan fingerprint density at radius 3 is 2.52 bits per heavy atom. The predicted molar refractivity (Wildman–Crippen MR) is 133 cm³/mol. The van der Waals surface area contributed by atoms with Gasteiger partial charge in [0.25, 0.3) is 5.91 Å². The molecular weight excluding hydrogens is 481 g/mol. The number of anilines is 2. The van der Waals surface area contributed by atoms with Gasteiger partial charge in [0.05, 0.1) is 21.8 Å². The number of aromatic nitrogens is 2. The second-order valence-electron chi connectivity index (χ2n) is 8.16. The van der Waals surface area contributed by atoms with Gasteiger partial charge in [0.15, 0.2) is 0 Å². The summed E-state index contributed by atoms with van der Waals surface area (Å²) in [4.78, 5) is 18.0. The number of rotatable bonds is 3. The lowest BCUT2D eigenvalue weighted by Gasteiger charge is -2.38. The minimum Gasteiger partial charge on any atom is -0.368 e. The van der Waals surface area contributed by atoms with Crippen molar-refractivity contribution in [1.82, 2.24) is 14.7 Å². The van der Waals surface area contributed by atoms with Gasteiger partial charge in [-0.15, -0.1) is 0 Å². The maximum absolute atomic E-state index is 13.8. The molecule has 9 heteroatoms. The van der Waals surface area contributed by atoms with Gasteiger partial charge < -0.3 is 15.1 Å². The second kappa shape index (κ2) is 8.93. The Bertz CT molecular complexity index is 1250. The van der Waals surface area contributed by atoms with E-state index >= 15 is 0 Å². The molecule has 0 saturated carbocycles. The summed E-state index contributed by atoms with van der Waals surface area (Å²) < 4.78 is 1.82. The van der Waals surface area contributed by atoms with Gasteiger partial charge in [-0.3, -0.25) is 4.79 Å². The number of nitrogens with one attached hydrogen (secondary N) is 1. The third-order valence-electron chi connectivity index (χ3n) is 6.14. The zero-order valence-corrected chi connectivity index (χ0v) is 20.2. The number of fused-ring (bicyclic) bond motifs is 1. The summed E-state index contributed by atoms with van der Waals surface area (Å²) in [5.74, 6) is 0.814. The van der Waals surface area contributed by atoms with Crippen molar-refractivity contribution in [3.63, 3.8) is 0 Å². The normalized spacial score (nSPS) is 18.2. The van der Waals surface area contributed by atoms with Crippen LogP contribution in [0, 0.1) is 0 Å². The molecule has 1 aromatic heterocycles. The minimum atomic E-state index is -0.399. The van der Waals surface area contributed by atoms with E-state index in [1.54, 1.807) is 12.3 Å². The number of amides is 1. The van der Waals surface area contributed by atoms with E-state index in [9.17, 15) is 4.79 Å². The Balaban J connectivity index is 1.43. The highest BCUT2D eigenvalue weighted by molar-refractivity contribution is 6.42. The molecule has 5 rings (SSSR count). The minimum absolute atomic E-state index is 0.0111. The average Bonchev–Trinajstić information content (AvgIpc) is 3.28. The smallest absolute Gasteiger partial charge is 0.254 e. The molecule has 0 spiro atoms. The lowest BCUT2D eigenvalue weighted by molar-refractivity contribution is -0.127. The van der Waals surface area contributed by atoms with Crippen LogP contribution in [0.1, 0.15) is 18.5 Å². The van der Waals surface area contributed by atoms with Crippen molar-refractivity contribution in [3.05, 3.63) is 86.6 Å². The molecule has 3 aromatic rings. The summed E-state index contributed by atoms with van der Waals surface area (Å²) in [5, 5.41) is 9.44. The SMILES string of the molecule is CC1=C(C(=O)N2CCN(c3cccc(Cl)c3)CC2)C(c2ccc(Cl)c(Cl)c2)n2nccc2N1. The molecule has 2 aliphatic heterocycles. The predicted octanol–water partition coefficient (Wildman–Crippen LogP) is 5.48. The maximum Gasteiger partial charge on any atom is 0.254 e. The van der Waals surface area contributed by atoms with Gasteiger partial charge in [-0.2, -0.15) is 5.10 Å². The number of carbonyl (C=O) groups is 1. The van der Waals surface area contributed by atoms with E-state index in [2.05, 4.69) is 15.3 Å². The third-order valence-corrected chi connectivity index (χ3v) is 7.11. The molecule has 6 nitrogen and oxygen atoms in total. The first-order valence-corrected chi connectivity index (χ1v) is 11.8. The monoisotopic (exact) mass is 501 g/mol. The Kier molecular flexibility index (Phi) is 5.99. The topological polar surface area (TPSA) is 53.4 Å². The number of halogens is 3. The molecular formula is C24H22Cl3N5O. The summed E-state index contributed by atoms with van der Waals surface area (Å²) in [6, 6.07) is 14.8. The van der Waals surface area contributed by atoms with Crippen LogP contribution in [0.4, 0.5) is 11.5 Å². The van der Waals surface area contributed by atoms with Crippen LogP contribution in [-0.4, -0.2) is 46.8 Å². The zero-order chi connectivity index (χ0) is 23.1. The van der Waals surface area contributed by atoms with Gasteiger partial charge >= 0.3 is 0 Å². The van der Waals surface area contributed by atoms with Crippen molar-refractivity contribution in [3.8, 4) is 0 Å². The maximum atomic E-state index is 13.8. The molecule has 1 saturated heterocycles. The number of allylic oxidation sites excluding steroid dienone is 1.